The standard InChI is InChI=1S/C19H23N3O/c1-20-16-10-6-4-8-14(16)19-21(2)17-11-7-5-9-15(17)18(20)22(19)12-13-23-3/h4-11,18-19H,12-13H2,1-3H3. The van der Waals surface area contributed by atoms with Crippen molar-refractivity contribution < 1.29 is 4.74 Å². The van der Waals surface area contributed by atoms with Crippen molar-refractivity contribution in [3.63, 3.8) is 0 Å². The molecule has 4 heteroatoms. The summed E-state index contributed by atoms with van der Waals surface area (Å²) >= 11 is 0. The summed E-state index contributed by atoms with van der Waals surface area (Å²) in [4.78, 5) is 7.33. The normalized spacial score (nSPS) is 22.7. The van der Waals surface area contributed by atoms with Crippen LogP contribution in [0.15, 0.2) is 48.5 Å². The van der Waals surface area contributed by atoms with Gasteiger partial charge in [-0.05, 0) is 12.1 Å². The topological polar surface area (TPSA) is 19.0 Å². The summed E-state index contributed by atoms with van der Waals surface area (Å²) in [6.07, 6.45) is 0.495. The van der Waals surface area contributed by atoms with Gasteiger partial charge in [0, 0.05) is 50.3 Å². The molecule has 23 heavy (non-hydrogen) atoms. The molecule has 2 bridgehead atoms. The van der Waals surface area contributed by atoms with Gasteiger partial charge in [-0.25, -0.2) is 0 Å². The molecule has 0 aromatic heterocycles. The molecule has 0 amide bonds. The highest BCUT2D eigenvalue weighted by Gasteiger charge is 2.44. The fourth-order valence-electron chi connectivity index (χ4n) is 4.11. The van der Waals surface area contributed by atoms with Crippen LogP contribution in [0, 0.1) is 0 Å². The Kier molecular flexibility index (Phi) is 3.51. The maximum Gasteiger partial charge on any atom is 0.112 e. The molecule has 0 saturated heterocycles. The van der Waals surface area contributed by atoms with Gasteiger partial charge in [0.2, 0.25) is 0 Å². The van der Waals surface area contributed by atoms with Crippen molar-refractivity contribution >= 4 is 11.4 Å². The number of hydrogen-bond acceptors (Lipinski definition) is 4. The van der Waals surface area contributed by atoms with Crippen molar-refractivity contribution in [3.05, 3.63) is 59.7 Å². The average molecular weight is 309 g/mol. The van der Waals surface area contributed by atoms with E-state index in [4.69, 9.17) is 4.74 Å². The summed E-state index contributed by atoms with van der Waals surface area (Å²) in [5.74, 6) is 0. The summed E-state index contributed by atoms with van der Waals surface area (Å²) in [7, 11) is 6.16. The molecule has 0 saturated carbocycles. The van der Waals surface area contributed by atoms with E-state index in [1.165, 1.54) is 22.5 Å². The first kappa shape index (κ1) is 14.5. The van der Waals surface area contributed by atoms with Gasteiger partial charge in [0.25, 0.3) is 0 Å². The summed E-state index contributed by atoms with van der Waals surface area (Å²) in [6.45, 7) is 1.64. The van der Waals surface area contributed by atoms with E-state index in [1.54, 1.807) is 7.11 Å². The largest absolute Gasteiger partial charge is 0.383 e. The number of nitrogens with zero attached hydrogens (tertiary/aromatic N) is 3. The van der Waals surface area contributed by atoms with Crippen molar-refractivity contribution in [2.24, 2.45) is 0 Å². The average Bonchev–Trinajstić information content (AvgIpc) is 2.59. The maximum absolute atomic E-state index is 5.38. The number of anilines is 2. The molecule has 4 rings (SSSR count). The van der Waals surface area contributed by atoms with E-state index >= 15 is 0 Å². The zero-order valence-electron chi connectivity index (χ0n) is 13.9. The van der Waals surface area contributed by atoms with Crippen molar-refractivity contribution in [2.75, 3.05) is 44.2 Å². The lowest BCUT2D eigenvalue weighted by Gasteiger charge is -2.56. The van der Waals surface area contributed by atoms with Crippen molar-refractivity contribution in [2.45, 2.75) is 12.3 Å². The monoisotopic (exact) mass is 309 g/mol. The quantitative estimate of drug-likeness (QED) is 0.866. The summed E-state index contributed by atoms with van der Waals surface area (Å²) < 4.78 is 5.38. The molecule has 2 unspecified atom stereocenters. The van der Waals surface area contributed by atoms with Crippen LogP contribution < -0.4 is 9.80 Å². The van der Waals surface area contributed by atoms with E-state index in [2.05, 4.69) is 77.3 Å². The second kappa shape index (κ2) is 5.55. The molecule has 0 fully saturated rings. The summed E-state index contributed by atoms with van der Waals surface area (Å²) in [5.41, 5.74) is 5.36. The molecule has 2 aliphatic rings. The van der Waals surface area contributed by atoms with Crippen LogP contribution >= 0.6 is 0 Å². The van der Waals surface area contributed by atoms with E-state index in [-0.39, 0.29) is 12.3 Å². The van der Waals surface area contributed by atoms with E-state index in [9.17, 15) is 0 Å². The third-order valence-corrected chi connectivity index (χ3v) is 5.11. The minimum absolute atomic E-state index is 0.248. The fraction of sp³-hybridized carbons (Fsp3) is 0.368. The number of hydrogen-bond donors (Lipinski definition) is 0. The van der Waals surface area contributed by atoms with Gasteiger partial charge in [0.1, 0.15) is 12.3 Å². The molecule has 2 aromatic rings. The highest BCUT2D eigenvalue weighted by atomic mass is 16.5. The molecule has 2 aromatic carbocycles. The van der Waals surface area contributed by atoms with Gasteiger partial charge >= 0.3 is 0 Å². The van der Waals surface area contributed by atoms with Gasteiger partial charge in [-0.1, -0.05) is 36.4 Å². The third kappa shape index (κ3) is 2.06. The van der Waals surface area contributed by atoms with Crippen molar-refractivity contribution in [1.29, 1.82) is 0 Å². The highest BCUT2D eigenvalue weighted by Crippen LogP contribution is 2.51. The Morgan fingerprint density at radius 1 is 0.826 bits per heavy atom. The molecule has 2 atom stereocenters. The molecule has 0 aliphatic carbocycles. The molecule has 0 spiro atoms. The lowest BCUT2D eigenvalue weighted by atomic mass is 9.93. The zero-order chi connectivity index (χ0) is 16.0. The smallest absolute Gasteiger partial charge is 0.112 e. The minimum Gasteiger partial charge on any atom is -0.383 e. The van der Waals surface area contributed by atoms with Gasteiger partial charge in [-0.3, -0.25) is 4.90 Å². The van der Waals surface area contributed by atoms with Gasteiger partial charge in [-0.15, -0.1) is 0 Å². The molecule has 120 valence electrons. The molecule has 0 radical (unpaired) electrons. The first-order valence-corrected chi connectivity index (χ1v) is 8.12. The van der Waals surface area contributed by atoms with Gasteiger partial charge in [-0.2, -0.15) is 0 Å². The Labute approximate surface area is 137 Å². The van der Waals surface area contributed by atoms with E-state index in [0.29, 0.717) is 0 Å². The predicted molar refractivity (Wildman–Crippen MR) is 93.8 cm³/mol. The molecular formula is C19H23N3O. The van der Waals surface area contributed by atoms with Crippen LogP contribution in [0.1, 0.15) is 23.5 Å². The Morgan fingerprint density at radius 2 is 1.30 bits per heavy atom. The molecular weight excluding hydrogens is 286 g/mol. The first-order valence-electron chi connectivity index (χ1n) is 8.12. The van der Waals surface area contributed by atoms with Gasteiger partial charge in [0.05, 0.1) is 6.61 Å². The number of methoxy groups -OCH3 is 1. The second-order valence-corrected chi connectivity index (χ2v) is 6.32. The van der Waals surface area contributed by atoms with Crippen LogP contribution in [-0.4, -0.2) is 39.3 Å². The SMILES string of the molecule is COCCN1C2c3ccccc3N(C)C1c1ccccc1N2C. The Bertz CT molecular complexity index is 660. The molecule has 4 nitrogen and oxygen atoms in total. The van der Waals surface area contributed by atoms with Crippen LogP contribution in [0.25, 0.3) is 0 Å². The van der Waals surface area contributed by atoms with Crippen molar-refractivity contribution in [1.82, 2.24) is 4.90 Å². The minimum atomic E-state index is 0.248. The fourth-order valence-corrected chi connectivity index (χ4v) is 4.11. The third-order valence-electron chi connectivity index (χ3n) is 5.11. The number of benzene rings is 2. The van der Waals surface area contributed by atoms with E-state index in [1.807, 2.05) is 0 Å². The number of fused-ring (bicyclic) bond motifs is 6. The Balaban J connectivity index is 1.91. The van der Waals surface area contributed by atoms with Crippen LogP contribution in [0.2, 0.25) is 0 Å². The zero-order valence-corrected chi connectivity index (χ0v) is 13.9. The van der Waals surface area contributed by atoms with E-state index < -0.39 is 0 Å². The Hall–Kier alpha value is -2.04. The van der Waals surface area contributed by atoms with Crippen molar-refractivity contribution in [3.8, 4) is 0 Å². The van der Waals surface area contributed by atoms with Crippen LogP contribution in [0.5, 0.6) is 0 Å². The van der Waals surface area contributed by atoms with Crippen LogP contribution in [-0.2, 0) is 4.74 Å². The lowest BCUT2D eigenvalue weighted by molar-refractivity contribution is 0.0679. The number of rotatable bonds is 3. The van der Waals surface area contributed by atoms with Gasteiger partial charge < -0.3 is 14.5 Å². The van der Waals surface area contributed by atoms with E-state index in [0.717, 1.165) is 13.2 Å². The molecule has 2 heterocycles. The van der Waals surface area contributed by atoms with Gasteiger partial charge in [0.15, 0.2) is 0 Å². The number of para-hydroxylation sites is 2. The molecule has 2 aliphatic heterocycles. The highest BCUT2D eigenvalue weighted by molar-refractivity contribution is 5.68. The first-order chi connectivity index (χ1) is 11.2. The predicted octanol–water partition coefficient (Wildman–Crippen LogP) is 3.23. The molecule has 0 N–H and O–H groups in total. The lowest BCUT2D eigenvalue weighted by Crippen LogP contribution is -2.55. The Morgan fingerprint density at radius 3 is 1.78 bits per heavy atom. The summed E-state index contributed by atoms with van der Waals surface area (Å²) in [6, 6.07) is 17.5. The number of ether oxygens (including phenoxy) is 1. The summed E-state index contributed by atoms with van der Waals surface area (Å²) in [5, 5.41) is 0. The van der Waals surface area contributed by atoms with Crippen LogP contribution in [0.3, 0.4) is 0 Å². The maximum atomic E-state index is 5.38. The second-order valence-electron chi connectivity index (χ2n) is 6.32. The van der Waals surface area contributed by atoms with Crippen LogP contribution in [0.4, 0.5) is 11.4 Å².